The van der Waals surface area contributed by atoms with Gasteiger partial charge < -0.3 is 38.7 Å². The van der Waals surface area contributed by atoms with Gasteiger partial charge >= 0.3 is 5.97 Å². The molecular weight excluding hydrogens is 540 g/mol. The molecule has 0 amide bonds. The minimum absolute atomic E-state index is 0.0744. The summed E-state index contributed by atoms with van der Waals surface area (Å²) in [6.07, 6.45) is 8.56. The van der Waals surface area contributed by atoms with Crippen LogP contribution in [-0.4, -0.2) is 76.8 Å². The van der Waals surface area contributed by atoms with Crippen LogP contribution in [0.4, 0.5) is 0 Å². The number of carbonyl (C=O) groups excluding carboxylic acids is 2. The van der Waals surface area contributed by atoms with Gasteiger partial charge in [0, 0.05) is 24.3 Å². The maximum absolute atomic E-state index is 13.1. The van der Waals surface area contributed by atoms with Crippen molar-refractivity contribution >= 4 is 12.3 Å². The molecule has 42 heavy (non-hydrogen) atoms. The molecule has 0 aromatic rings. The van der Waals surface area contributed by atoms with Crippen LogP contribution in [-0.2, 0) is 33.3 Å². The Morgan fingerprint density at radius 3 is 2.55 bits per heavy atom. The van der Waals surface area contributed by atoms with Crippen molar-refractivity contribution in [2.75, 3.05) is 6.61 Å². The molecule has 234 valence electrons. The minimum Gasteiger partial charge on any atom is -0.458 e. The van der Waals surface area contributed by atoms with Gasteiger partial charge in [-0.05, 0) is 95.0 Å². The normalized spacial score (nSPS) is 55.2. The second-order valence-corrected chi connectivity index (χ2v) is 15.0. The van der Waals surface area contributed by atoms with E-state index in [1.54, 1.807) is 6.08 Å². The maximum atomic E-state index is 13.1. The van der Waals surface area contributed by atoms with E-state index in [0.717, 1.165) is 37.5 Å². The molecule has 2 N–H and O–H groups in total. The van der Waals surface area contributed by atoms with Crippen molar-refractivity contribution in [2.45, 2.75) is 146 Å². The first kappa shape index (κ1) is 29.4. The Morgan fingerprint density at radius 2 is 1.83 bits per heavy atom. The lowest BCUT2D eigenvalue weighted by molar-refractivity contribution is -0.278. The summed E-state index contributed by atoms with van der Waals surface area (Å²) in [4.78, 5) is 25.0. The lowest BCUT2D eigenvalue weighted by Crippen LogP contribution is -2.69. The molecule has 7 aliphatic rings. The van der Waals surface area contributed by atoms with Crippen LogP contribution in [0.5, 0.6) is 0 Å². The topological polar surface area (TPSA) is 121 Å². The van der Waals surface area contributed by atoms with Gasteiger partial charge in [-0.3, -0.25) is 0 Å². The summed E-state index contributed by atoms with van der Waals surface area (Å²) >= 11 is 0. The second kappa shape index (κ2) is 9.82. The lowest BCUT2D eigenvalue weighted by atomic mass is 9.41. The number of aliphatic hydroxyl groups is 2. The summed E-state index contributed by atoms with van der Waals surface area (Å²) in [6, 6.07) is 0. The smallest absolute Gasteiger partial charge is 0.331 e. The Morgan fingerprint density at radius 1 is 1.05 bits per heavy atom. The van der Waals surface area contributed by atoms with Crippen LogP contribution in [0.1, 0.15) is 98.3 Å². The van der Waals surface area contributed by atoms with Crippen molar-refractivity contribution in [3.05, 3.63) is 11.6 Å². The summed E-state index contributed by atoms with van der Waals surface area (Å²) in [5.74, 6) is -0.980. The fraction of sp³-hybridized carbons (Fsp3) is 0.879. The molecule has 9 nitrogen and oxygen atoms in total. The molecule has 4 aliphatic carbocycles. The summed E-state index contributed by atoms with van der Waals surface area (Å²) < 4.78 is 30.4. The van der Waals surface area contributed by atoms with Gasteiger partial charge in [0.1, 0.15) is 19.0 Å². The molecule has 9 heteroatoms. The summed E-state index contributed by atoms with van der Waals surface area (Å²) in [5.41, 5.74) is -2.44. The van der Waals surface area contributed by atoms with E-state index in [0.29, 0.717) is 51.6 Å². The van der Waals surface area contributed by atoms with E-state index in [1.807, 2.05) is 20.8 Å². The summed E-state index contributed by atoms with van der Waals surface area (Å²) in [5, 5.41) is 24.7. The van der Waals surface area contributed by atoms with Gasteiger partial charge in [-0.15, -0.1) is 0 Å². The van der Waals surface area contributed by atoms with Crippen molar-refractivity contribution < 1.29 is 43.5 Å². The van der Waals surface area contributed by atoms with Crippen LogP contribution >= 0.6 is 0 Å². The largest absolute Gasteiger partial charge is 0.458 e. The quantitative estimate of drug-likeness (QED) is 0.279. The first-order valence-corrected chi connectivity index (χ1v) is 16.3. The summed E-state index contributed by atoms with van der Waals surface area (Å²) in [6.45, 7) is 8.49. The van der Waals surface area contributed by atoms with E-state index in [2.05, 4.69) is 6.92 Å². The van der Waals surface area contributed by atoms with Gasteiger partial charge in [-0.2, -0.15) is 0 Å². The zero-order valence-electron chi connectivity index (χ0n) is 25.5. The SMILES string of the molecule is CC[C@@]1(C)O[C@@H]2[C@@H](C)O[C@@H](O[C@@H]3CC[C@]4(C=O)[C@H]5CC[C@]6(C)[C@H](C7=CC(=O)OC7)CC[C@]6(O)[C@@H]5CC[C@]4(O)C3)C[C@H]2O1. The molecule has 0 aromatic heterocycles. The van der Waals surface area contributed by atoms with E-state index < -0.39 is 28.7 Å². The van der Waals surface area contributed by atoms with Crippen LogP contribution in [0.15, 0.2) is 11.6 Å². The van der Waals surface area contributed by atoms with Crippen LogP contribution in [0, 0.1) is 28.6 Å². The standard InChI is InChI=1S/C33H48O9/c1-5-30(4)41-25-15-27(39-19(2)28(25)42-30)40-21-6-11-31(18-34)23-7-10-29(3)22(20-14-26(35)38-17-20)9-13-33(29,37)24(23)8-12-32(31,36)16-21/h14,18-19,21-25,27-28,36-37H,5-13,15-17H2,1-4H3/t19-,21-,22+,23+,24-,25-,27+,28-,29-,30-,31+,32+,33+/m1/s1. The van der Waals surface area contributed by atoms with Gasteiger partial charge in [-0.1, -0.05) is 13.8 Å². The molecule has 13 atom stereocenters. The molecule has 0 spiro atoms. The minimum atomic E-state index is -1.19. The van der Waals surface area contributed by atoms with Crippen LogP contribution in [0.2, 0.25) is 0 Å². The Hall–Kier alpha value is -1.36. The predicted molar refractivity (Wildman–Crippen MR) is 150 cm³/mol. The molecule has 0 unspecified atom stereocenters. The highest BCUT2D eigenvalue weighted by atomic mass is 16.8. The summed E-state index contributed by atoms with van der Waals surface area (Å²) in [7, 11) is 0. The van der Waals surface area contributed by atoms with Crippen molar-refractivity contribution in [3.63, 3.8) is 0 Å². The van der Waals surface area contributed by atoms with Gasteiger partial charge in [0.25, 0.3) is 0 Å². The number of hydrogen-bond acceptors (Lipinski definition) is 9. The molecule has 0 bridgehead atoms. The maximum Gasteiger partial charge on any atom is 0.331 e. The zero-order valence-corrected chi connectivity index (χ0v) is 25.5. The van der Waals surface area contributed by atoms with E-state index in [1.165, 1.54) is 0 Å². The van der Waals surface area contributed by atoms with Crippen LogP contribution in [0.3, 0.4) is 0 Å². The van der Waals surface area contributed by atoms with Crippen LogP contribution < -0.4 is 0 Å². The highest BCUT2D eigenvalue weighted by Crippen LogP contribution is 2.70. The van der Waals surface area contributed by atoms with Gasteiger partial charge in [0.05, 0.1) is 34.9 Å². The molecule has 0 aromatic carbocycles. The Labute approximate surface area is 248 Å². The Balaban J connectivity index is 1.07. The number of cyclic esters (lactones) is 1. The number of aldehydes is 1. The van der Waals surface area contributed by atoms with Crippen molar-refractivity contribution in [3.8, 4) is 0 Å². The average molecular weight is 589 g/mol. The number of ether oxygens (including phenoxy) is 5. The Bertz CT molecular complexity index is 1160. The Kier molecular flexibility index (Phi) is 6.86. The molecule has 7 rings (SSSR count). The molecule has 4 saturated carbocycles. The molecule has 2 saturated heterocycles. The van der Waals surface area contributed by atoms with Crippen molar-refractivity contribution in [1.29, 1.82) is 0 Å². The van der Waals surface area contributed by atoms with Crippen molar-refractivity contribution in [2.24, 2.45) is 28.6 Å². The van der Waals surface area contributed by atoms with E-state index in [-0.39, 0.29) is 53.6 Å². The highest BCUT2D eigenvalue weighted by Gasteiger charge is 2.71. The molecule has 3 heterocycles. The number of hydrogen-bond donors (Lipinski definition) is 2. The first-order chi connectivity index (χ1) is 19.9. The highest BCUT2D eigenvalue weighted by molar-refractivity contribution is 5.85. The van der Waals surface area contributed by atoms with Crippen LogP contribution in [0.25, 0.3) is 0 Å². The molecule has 3 aliphatic heterocycles. The van der Waals surface area contributed by atoms with E-state index in [4.69, 9.17) is 23.7 Å². The third-order valence-electron chi connectivity index (χ3n) is 13.2. The molecular formula is C33H48O9. The van der Waals surface area contributed by atoms with Gasteiger partial charge in [-0.25, -0.2) is 4.79 Å². The number of rotatable bonds is 5. The van der Waals surface area contributed by atoms with Gasteiger partial charge in [0.2, 0.25) is 0 Å². The lowest BCUT2D eigenvalue weighted by Gasteiger charge is -2.65. The second-order valence-electron chi connectivity index (χ2n) is 15.0. The van der Waals surface area contributed by atoms with Crippen molar-refractivity contribution in [1.82, 2.24) is 0 Å². The number of esters is 1. The molecule has 0 radical (unpaired) electrons. The number of fused-ring (bicyclic) bond motifs is 6. The third-order valence-corrected chi connectivity index (χ3v) is 13.2. The van der Waals surface area contributed by atoms with E-state index in [9.17, 15) is 19.8 Å². The fourth-order valence-electron chi connectivity index (χ4n) is 10.8. The monoisotopic (exact) mass is 588 g/mol. The molecule has 6 fully saturated rings. The van der Waals surface area contributed by atoms with E-state index >= 15 is 0 Å². The van der Waals surface area contributed by atoms with Gasteiger partial charge in [0.15, 0.2) is 12.1 Å². The average Bonchev–Trinajstić information content (AvgIpc) is 3.61. The first-order valence-electron chi connectivity index (χ1n) is 16.3. The third kappa shape index (κ3) is 4.02. The zero-order chi connectivity index (χ0) is 29.7. The predicted octanol–water partition coefficient (Wildman–Crippen LogP) is 3.97. The number of carbonyl (C=O) groups is 2. The fourth-order valence-corrected chi connectivity index (χ4v) is 10.8.